The quantitative estimate of drug-likeness (QED) is 0.824. The van der Waals surface area contributed by atoms with E-state index in [9.17, 15) is 4.79 Å². The summed E-state index contributed by atoms with van der Waals surface area (Å²) >= 11 is 11.9. The molecule has 7 heteroatoms. The van der Waals surface area contributed by atoms with Gasteiger partial charge in [-0.15, -0.1) is 0 Å². The van der Waals surface area contributed by atoms with E-state index < -0.39 is 6.09 Å². The van der Waals surface area contributed by atoms with Crippen molar-refractivity contribution >= 4 is 29.3 Å². The number of alkyl carbamates (subject to hydrolysis) is 1. The van der Waals surface area contributed by atoms with Gasteiger partial charge in [0.25, 0.3) is 0 Å². The molecule has 0 atom stereocenters. The van der Waals surface area contributed by atoms with E-state index in [1.807, 2.05) is 6.20 Å². The van der Waals surface area contributed by atoms with Crippen LogP contribution in [-0.2, 0) is 11.3 Å². The van der Waals surface area contributed by atoms with Crippen LogP contribution in [0, 0.1) is 0 Å². The Bertz CT molecular complexity index is 683. The van der Waals surface area contributed by atoms with Crippen LogP contribution in [0.3, 0.4) is 0 Å². The average molecular weight is 368 g/mol. The number of rotatable bonds is 4. The summed E-state index contributed by atoms with van der Waals surface area (Å²) in [6.07, 6.45) is 6.82. The molecule has 0 unspecified atom stereocenters. The summed E-state index contributed by atoms with van der Waals surface area (Å²) in [6.45, 7) is 0.318. The molecule has 1 aliphatic rings. The van der Waals surface area contributed by atoms with Gasteiger partial charge in [-0.2, -0.15) is 0 Å². The summed E-state index contributed by atoms with van der Waals surface area (Å²) in [5.74, 6) is 0.475. The SMILES string of the molecule is O=C(NCc1ccc(Cl)cc1Cl)OC1CCC(c2cnc[nH]2)CC1. The Morgan fingerprint density at radius 3 is 2.75 bits per heavy atom. The molecular formula is C17H19Cl2N3O2. The number of ether oxygens (including phenoxy) is 1. The Kier molecular flexibility index (Phi) is 5.63. The molecule has 1 saturated carbocycles. The van der Waals surface area contributed by atoms with Crippen LogP contribution in [-0.4, -0.2) is 22.2 Å². The van der Waals surface area contributed by atoms with E-state index in [-0.39, 0.29) is 6.10 Å². The lowest BCUT2D eigenvalue weighted by Crippen LogP contribution is -2.30. The molecule has 1 aromatic heterocycles. The number of H-pyrrole nitrogens is 1. The standard InChI is InChI=1S/C17H19Cl2N3O2/c18-13-4-1-12(15(19)7-13)8-21-17(23)24-14-5-2-11(3-6-14)16-9-20-10-22-16/h1,4,7,9-11,14H,2-3,5-6,8H2,(H,20,22)(H,21,23). The van der Waals surface area contributed by atoms with Crippen molar-refractivity contribution < 1.29 is 9.53 Å². The minimum absolute atomic E-state index is 0.0372. The molecule has 1 heterocycles. The smallest absolute Gasteiger partial charge is 0.407 e. The van der Waals surface area contributed by atoms with Gasteiger partial charge in [-0.25, -0.2) is 9.78 Å². The molecule has 0 radical (unpaired) electrons. The Hall–Kier alpha value is -1.72. The molecule has 0 saturated heterocycles. The average Bonchev–Trinajstić information content (AvgIpc) is 3.09. The maximum Gasteiger partial charge on any atom is 0.407 e. The number of aromatic amines is 1. The number of nitrogens with one attached hydrogen (secondary N) is 2. The molecule has 3 rings (SSSR count). The van der Waals surface area contributed by atoms with Gasteiger partial charge in [0.1, 0.15) is 6.10 Å². The molecule has 24 heavy (non-hydrogen) atoms. The first-order chi connectivity index (χ1) is 11.6. The first kappa shape index (κ1) is 17.1. The zero-order valence-electron chi connectivity index (χ0n) is 13.1. The number of amides is 1. The molecule has 0 aliphatic heterocycles. The van der Waals surface area contributed by atoms with E-state index in [1.165, 1.54) is 0 Å². The fraction of sp³-hybridized carbons (Fsp3) is 0.412. The molecule has 5 nitrogen and oxygen atoms in total. The molecule has 1 amide bonds. The van der Waals surface area contributed by atoms with Crippen molar-refractivity contribution in [3.8, 4) is 0 Å². The molecular weight excluding hydrogens is 349 g/mol. The third kappa shape index (κ3) is 4.42. The lowest BCUT2D eigenvalue weighted by Gasteiger charge is -2.27. The van der Waals surface area contributed by atoms with Gasteiger partial charge in [0.05, 0.1) is 6.33 Å². The van der Waals surface area contributed by atoms with Crippen molar-refractivity contribution in [3.63, 3.8) is 0 Å². The highest BCUT2D eigenvalue weighted by Gasteiger charge is 2.25. The van der Waals surface area contributed by atoms with E-state index in [2.05, 4.69) is 15.3 Å². The van der Waals surface area contributed by atoms with Crippen molar-refractivity contribution in [2.24, 2.45) is 0 Å². The first-order valence-electron chi connectivity index (χ1n) is 7.98. The van der Waals surface area contributed by atoms with E-state index in [1.54, 1.807) is 24.5 Å². The van der Waals surface area contributed by atoms with E-state index >= 15 is 0 Å². The number of halogens is 2. The van der Waals surface area contributed by atoms with Gasteiger partial charge in [-0.05, 0) is 43.4 Å². The van der Waals surface area contributed by atoms with Crippen LogP contribution >= 0.6 is 23.2 Å². The lowest BCUT2D eigenvalue weighted by atomic mass is 9.85. The molecule has 0 spiro atoms. The van der Waals surface area contributed by atoms with Crippen molar-refractivity contribution in [3.05, 3.63) is 52.0 Å². The second-order valence-electron chi connectivity index (χ2n) is 5.98. The highest BCUT2D eigenvalue weighted by Crippen LogP contribution is 2.32. The number of carbonyl (C=O) groups is 1. The van der Waals surface area contributed by atoms with Crippen LogP contribution in [0.25, 0.3) is 0 Å². The van der Waals surface area contributed by atoms with Crippen LogP contribution in [0.1, 0.15) is 42.9 Å². The van der Waals surface area contributed by atoms with Crippen molar-refractivity contribution in [2.45, 2.75) is 44.2 Å². The number of benzene rings is 1. The fourth-order valence-electron chi connectivity index (χ4n) is 3.01. The largest absolute Gasteiger partial charge is 0.446 e. The summed E-state index contributed by atoms with van der Waals surface area (Å²) in [7, 11) is 0. The van der Waals surface area contributed by atoms with Gasteiger partial charge in [0, 0.05) is 34.4 Å². The summed E-state index contributed by atoms with van der Waals surface area (Å²) in [5.41, 5.74) is 1.97. The predicted molar refractivity (Wildman–Crippen MR) is 93.4 cm³/mol. The topological polar surface area (TPSA) is 67.0 Å². The van der Waals surface area contributed by atoms with Gasteiger partial charge >= 0.3 is 6.09 Å². The van der Waals surface area contributed by atoms with Crippen molar-refractivity contribution in [1.29, 1.82) is 0 Å². The summed E-state index contributed by atoms with van der Waals surface area (Å²) in [5, 5.41) is 3.84. The summed E-state index contributed by atoms with van der Waals surface area (Å²) < 4.78 is 5.50. The normalized spacial score (nSPS) is 20.6. The van der Waals surface area contributed by atoms with Gasteiger partial charge in [0.15, 0.2) is 0 Å². The Morgan fingerprint density at radius 2 is 2.08 bits per heavy atom. The Morgan fingerprint density at radius 1 is 1.29 bits per heavy atom. The Labute approximate surface area is 150 Å². The van der Waals surface area contributed by atoms with Crippen LogP contribution in [0.2, 0.25) is 10.0 Å². The third-order valence-electron chi connectivity index (χ3n) is 4.35. The van der Waals surface area contributed by atoms with Gasteiger partial charge in [-0.3, -0.25) is 0 Å². The minimum Gasteiger partial charge on any atom is -0.446 e. The minimum atomic E-state index is -0.411. The summed E-state index contributed by atoms with van der Waals surface area (Å²) in [4.78, 5) is 19.2. The first-order valence-corrected chi connectivity index (χ1v) is 8.74. The van der Waals surface area contributed by atoms with Crippen LogP contribution in [0.15, 0.2) is 30.7 Å². The molecule has 2 N–H and O–H groups in total. The van der Waals surface area contributed by atoms with Crippen LogP contribution in [0.4, 0.5) is 4.79 Å². The number of imidazole rings is 1. The molecule has 1 aromatic carbocycles. The number of carbonyl (C=O) groups excluding carboxylic acids is 1. The fourth-order valence-corrected chi connectivity index (χ4v) is 3.48. The highest BCUT2D eigenvalue weighted by atomic mass is 35.5. The Balaban J connectivity index is 1.43. The predicted octanol–water partition coefficient (Wildman–Crippen LogP) is 4.67. The maximum absolute atomic E-state index is 12.0. The van der Waals surface area contributed by atoms with Crippen molar-refractivity contribution in [2.75, 3.05) is 0 Å². The molecule has 128 valence electrons. The number of hydrogen-bond acceptors (Lipinski definition) is 3. The second kappa shape index (κ2) is 7.90. The number of aromatic nitrogens is 2. The monoisotopic (exact) mass is 367 g/mol. The van der Waals surface area contributed by atoms with Gasteiger partial charge in [-0.1, -0.05) is 29.3 Å². The van der Waals surface area contributed by atoms with E-state index in [0.29, 0.717) is 22.5 Å². The molecule has 1 aliphatic carbocycles. The molecule has 2 aromatic rings. The number of nitrogens with zero attached hydrogens (tertiary/aromatic N) is 1. The summed E-state index contributed by atoms with van der Waals surface area (Å²) in [6, 6.07) is 5.19. The zero-order valence-corrected chi connectivity index (χ0v) is 14.6. The van der Waals surface area contributed by atoms with Gasteiger partial charge < -0.3 is 15.0 Å². The zero-order chi connectivity index (χ0) is 16.9. The lowest BCUT2D eigenvalue weighted by molar-refractivity contribution is 0.0709. The van der Waals surface area contributed by atoms with Gasteiger partial charge in [0.2, 0.25) is 0 Å². The third-order valence-corrected chi connectivity index (χ3v) is 4.93. The second-order valence-corrected chi connectivity index (χ2v) is 6.82. The molecule has 1 fully saturated rings. The van der Waals surface area contributed by atoms with Crippen molar-refractivity contribution in [1.82, 2.24) is 15.3 Å². The van der Waals surface area contributed by atoms with Crippen LogP contribution < -0.4 is 5.32 Å². The maximum atomic E-state index is 12.0. The highest BCUT2D eigenvalue weighted by molar-refractivity contribution is 6.35. The molecule has 0 bridgehead atoms. The van der Waals surface area contributed by atoms with E-state index in [0.717, 1.165) is 36.9 Å². The number of hydrogen-bond donors (Lipinski definition) is 2. The van der Waals surface area contributed by atoms with Crippen LogP contribution in [0.5, 0.6) is 0 Å². The van der Waals surface area contributed by atoms with E-state index in [4.69, 9.17) is 27.9 Å².